The molecular formula is C37H41N7O2. The summed E-state index contributed by atoms with van der Waals surface area (Å²) in [5, 5.41) is 22.6. The minimum Gasteiger partial charge on any atom is -0.477 e. The van der Waals surface area contributed by atoms with Gasteiger partial charge in [0.1, 0.15) is 11.6 Å². The summed E-state index contributed by atoms with van der Waals surface area (Å²) in [4.78, 5) is 28.2. The van der Waals surface area contributed by atoms with Gasteiger partial charge in [-0.25, -0.2) is 4.98 Å². The van der Waals surface area contributed by atoms with Crippen LogP contribution in [0.2, 0.25) is 0 Å². The Bertz CT molecular complexity index is 1740. The molecule has 2 aromatic carbocycles. The number of hydrogen-bond acceptors (Lipinski definition) is 8. The van der Waals surface area contributed by atoms with Crippen molar-refractivity contribution in [3.63, 3.8) is 0 Å². The maximum Gasteiger partial charge on any atom is 0.246 e. The van der Waals surface area contributed by atoms with Crippen LogP contribution < -0.4 is 14.5 Å². The Morgan fingerprint density at radius 3 is 2.74 bits per heavy atom. The molecule has 0 bridgehead atoms. The zero-order valence-electron chi connectivity index (χ0n) is 26.9. The molecule has 1 fully saturated rings. The zero-order chi connectivity index (χ0) is 32.6. The second-order valence-corrected chi connectivity index (χ2v) is 11.9. The monoisotopic (exact) mass is 615 g/mol. The molecule has 0 N–H and O–H groups in total. The van der Waals surface area contributed by atoms with Crippen molar-refractivity contribution in [2.24, 2.45) is 10.9 Å². The second kappa shape index (κ2) is 14.8. The number of benzene rings is 2. The summed E-state index contributed by atoms with van der Waals surface area (Å²) in [5.74, 6) is 0.326. The van der Waals surface area contributed by atoms with Gasteiger partial charge in [-0.1, -0.05) is 49.9 Å². The number of aryl methyl sites for hydroxylation is 1. The van der Waals surface area contributed by atoms with Crippen molar-refractivity contribution in [1.29, 1.82) is 10.5 Å². The van der Waals surface area contributed by atoms with Crippen LogP contribution in [-0.2, 0) is 17.8 Å². The average molecular weight is 616 g/mol. The molecule has 0 radical (unpaired) electrons. The molecule has 3 heterocycles. The van der Waals surface area contributed by atoms with Crippen molar-refractivity contribution in [1.82, 2.24) is 9.88 Å². The van der Waals surface area contributed by atoms with Crippen molar-refractivity contribution in [3.05, 3.63) is 83.7 Å². The van der Waals surface area contributed by atoms with Crippen LogP contribution in [0.4, 0.5) is 11.4 Å². The molecule has 9 nitrogen and oxygen atoms in total. The molecule has 0 aliphatic carbocycles. The number of fused-ring (bicyclic) bond motifs is 2. The first kappa shape index (κ1) is 32.2. The Morgan fingerprint density at radius 1 is 1.20 bits per heavy atom. The van der Waals surface area contributed by atoms with E-state index in [2.05, 4.69) is 83.8 Å². The normalized spacial score (nSPS) is 17.2. The molecule has 46 heavy (non-hydrogen) atoms. The molecule has 1 aromatic heterocycles. The van der Waals surface area contributed by atoms with Gasteiger partial charge < -0.3 is 19.4 Å². The zero-order valence-corrected chi connectivity index (χ0v) is 26.9. The smallest absolute Gasteiger partial charge is 0.246 e. The maximum atomic E-state index is 12.6. The predicted molar refractivity (Wildman–Crippen MR) is 183 cm³/mol. The number of nitrogens with zero attached hydrogens (tertiary/aromatic N) is 7. The molecule has 0 saturated carbocycles. The molecule has 2 atom stereocenters. The van der Waals surface area contributed by atoms with Crippen LogP contribution >= 0.6 is 0 Å². The fourth-order valence-electron chi connectivity index (χ4n) is 6.51. The van der Waals surface area contributed by atoms with E-state index in [9.17, 15) is 15.3 Å². The molecular weight excluding hydrogens is 574 g/mol. The Kier molecular flexibility index (Phi) is 10.3. The third kappa shape index (κ3) is 6.74. The molecule has 1 amide bonds. The van der Waals surface area contributed by atoms with Crippen LogP contribution in [0.3, 0.4) is 0 Å². The molecule has 2 aliphatic rings. The third-order valence-electron chi connectivity index (χ3n) is 8.81. The third-order valence-corrected chi connectivity index (χ3v) is 8.81. The lowest BCUT2D eigenvalue weighted by Crippen LogP contribution is -2.55. The van der Waals surface area contributed by atoms with Gasteiger partial charge in [-0.05, 0) is 55.7 Å². The van der Waals surface area contributed by atoms with E-state index in [4.69, 9.17) is 9.72 Å². The van der Waals surface area contributed by atoms with Crippen LogP contribution in [0.25, 0.3) is 10.8 Å². The molecule has 0 unspecified atom stereocenters. The fourth-order valence-corrected chi connectivity index (χ4v) is 6.51. The van der Waals surface area contributed by atoms with E-state index < -0.39 is 0 Å². The van der Waals surface area contributed by atoms with Gasteiger partial charge in [0, 0.05) is 55.2 Å². The van der Waals surface area contributed by atoms with E-state index in [1.54, 1.807) is 11.1 Å². The number of nitriles is 2. The highest BCUT2D eigenvalue weighted by molar-refractivity contribution is 5.97. The largest absolute Gasteiger partial charge is 0.477 e. The van der Waals surface area contributed by atoms with E-state index in [0.29, 0.717) is 57.1 Å². The van der Waals surface area contributed by atoms with Gasteiger partial charge in [-0.2, -0.15) is 10.5 Å². The molecule has 0 spiro atoms. The SMILES string of the molecule is C=CC(=O)N1CCN(c2c(C#N)c(OCC[C@@H](C)C=N/C=C\C)nc3c2CCN(c2cccc4cccc(C)c24)C3)C[C@@H]1CC#N. The van der Waals surface area contributed by atoms with Crippen LogP contribution in [0.5, 0.6) is 5.88 Å². The number of carbonyl (C=O) groups excluding carboxylic acids is 1. The minimum absolute atomic E-state index is 0.186. The lowest BCUT2D eigenvalue weighted by Gasteiger charge is -2.43. The van der Waals surface area contributed by atoms with E-state index in [-0.39, 0.29) is 24.3 Å². The molecule has 1 saturated heterocycles. The van der Waals surface area contributed by atoms with Gasteiger partial charge in [0.25, 0.3) is 0 Å². The highest BCUT2D eigenvalue weighted by Crippen LogP contribution is 2.40. The van der Waals surface area contributed by atoms with E-state index in [1.807, 2.05) is 19.2 Å². The van der Waals surface area contributed by atoms with Crippen molar-refractivity contribution in [2.75, 3.05) is 42.6 Å². The summed E-state index contributed by atoms with van der Waals surface area (Å²) in [6.07, 6.45) is 8.44. The van der Waals surface area contributed by atoms with Crippen molar-refractivity contribution in [2.45, 2.75) is 52.6 Å². The number of aliphatic imine (C=N–C) groups is 1. The Labute approximate surface area is 271 Å². The number of anilines is 2. The number of carbonyl (C=O) groups is 1. The molecule has 2 aliphatic heterocycles. The second-order valence-electron chi connectivity index (χ2n) is 11.9. The number of amides is 1. The highest BCUT2D eigenvalue weighted by Gasteiger charge is 2.35. The topological polar surface area (TPSA) is 109 Å². The Morgan fingerprint density at radius 2 is 2.00 bits per heavy atom. The summed E-state index contributed by atoms with van der Waals surface area (Å²) in [6.45, 7) is 12.9. The summed E-state index contributed by atoms with van der Waals surface area (Å²) in [6, 6.07) is 17.1. The Hall–Kier alpha value is -5.15. The first-order chi connectivity index (χ1) is 22.4. The maximum absolute atomic E-state index is 12.6. The van der Waals surface area contributed by atoms with Gasteiger partial charge in [-0.15, -0.1) is 0 Å². The number of allylic oxidation sites excluding steroid dienone is 1. The van der Waals surface area contributed by atoms with Crippen LogP contribution in [0.15, 0.2) is 66.3 Å². The van der Waals surface area contributed by atoms with E-state index >= 15 is 0 Å². The van der Waals surface area contributed by atoms with Gasteiger partial charge in [0.05, 0.1) is 43.1 Å². The summed E-state index contributed by atoms with van der Waals surface area (Å²) >= 11 is 0. The highest BCUT2D eigenvalue weighted by atomic mass is 16.5. The standard InChI is InChI=1S/C37H41N7O2/c1-5-17-40-23-26(3)15-21-46-37-31(22-39)36(43-19-20-44(34(45)6-2)29(24-43)13-16-38)30-14-18-42(25-32(30)41-37)33-12-8-11-28-10-7-9-27(4)35(28)33/h5-12,17,23,26,29H,2,13-15,18-21,24-25H2,1,3-4H3/b17-5-,40-23?/t26-,29+/m1/s1. The lowest BCUT2D eigenvalue weighted by molar-refractivity contribution is -0.128. The number of pyridine rings is 1. The lowest BCUT2D eigenvalue weighted by atomic mass is 9.95. The Balaban J connectivity index is 1.53. The van der Waals surface area contributed by atoms with Crippen molar-refractivity contribution >= 4 is 34.3 Å². The average Bonchev–Trinajstić information content (AvgIpc) is 3.07. The minimum atomic E-state index is -0.319. The van der Waals surface area contributed by atoms with Crippen molar-refractivity contribution < 1.29 is 9.53 Å². The number of aromatic nitrogens is 1. The quantitative estimate of drug-likeness (QED) is 0.200. The number of hydrogen-bond donors (Lipinski definition) is 0. The van der Waals surface area contributed by atoms with Gasteiger partial charge in [-0.3, -0.25) is 9.79 Å². The van der Waals surface area contributed by atoms with Crippen molar-refractivity contribution in [3.8, 4) is 18.0 Å². The fraction of sp³-hybridized carbons (Fsp3) is 0.378. The number of rotatable bonds is 10. The summed E-state index contributed by atoms with van der Waals surface area (Å²) < 4.78 is 6.30. The number of piperazine rings is 1. The summed E-state index contributed by atoms with van der Waals surface area (Å²) in [5.41, 5.74) is 5.51. The van der Waals surface area contributed by atoms with Gasteiger partial charge in [0.15, 0.2) is 0 Å². The van der Waals surface area contributed by atoms with Crippen LogP contribution in [-0.4, -0.2) is 60.8 Å². The van der Waals surface area contributed by atoms with E-state index in [1.165, 1.54) is 22.4 Å². The number of ether oxygens (including phenoxy) is 1. The van der Waals surface area contributed by atoms with Crippen LogP contribution in [0, 0.1) is 35.5 Å². The molecule has 5 rings (SSSR count). The van der Waals surface area contributed by atoms with Gasteiger partial charge in [0.2, 0.25) is 11.8 Å². The van der Waals surface area contributed by atoms with Crippen LogP contribution in [0.1, 0.15) is 49.1 Å². The first-order valence-electron chi connectivity index (χ1n) is 15.9. The summed E-state index contributed by atoms with van der Waals surface area (Å²) in [7, 11) is 0. The first-order valence-corrected chi connectivity index (χ1v) is 15.9. The molecule has 9 heteroatoms. The van der Waals surface area contributed by atoms with Gasteiger partial charge >= 0.3 is 0 Å². The molecule has 3 aromatic rings. The molecule has 236 valence electrons. The predicted octanol–water partition coefficient (Wildman–Crippen LogP) is 6.10. The van der Waals surface area contributed by atoms with E-state index in [0.717, 1.165) is 29.2 Å².